The molecule has 0 aliphatic heterocycles. The van der Waals surface area contributed by atoms with Gasteiger partial charge in [0.05, 0.1) is 5.69 Å². The highest BCUT2D eigenvalue weighted by Crippen LogP contribution is 2.23. The third-order valence-electron chi connectivity index (χ3n) is 5.86. The van der Waals surface area contributed by atoms with E-state index >= 15 is 0 Å². The quantitative estimate of drug-likeness (QED) is 0.290. The first-order chi connectivity index (χ1) is 14.6. The maximum atomic E-state index is 4.68. The van der Waals surface area contributed by atoms with Crippen LogP contribution in [-0.2, 0) is 12.8 Å². The Bertz CT molecular complexity index is 959. The van der Waals surface area contributed by atoms with E-state index in [0.29, 0.717) is 0 Å². The second-order valence-corrected chi connectivity index (χ2v) is 11.1. The van der Waals surface area contributed by atoms with E-state index in [9.17, 15) is 0 Å². The van der Waals surface area contributed by atoms with Crippen LogP contribution in [0.25, 0.3) is 0 Å². The first-order valence-electron chi connectivity index (χ1n) is 11.1. The summed E-state index contributed by atoms with van der Waals surface area (Å²) >= 11 is -1.06. The van der Waals surface area contributed by atoms with Gasteiger partial charge in [0.1, 0.15) is 0 Å². The van der Waals surface area contributed by atoms with E-state index < -0.39 is 14.4 Å². The number of aliphatic imine (C=N–C) groups is 1. The highest BCUT2D eigenvalue weighted by atomic mass is 27.2. The SMILES string of the molecule is CCc1c(C=Nc2ccccc2)cccc1C[CH2][Al]([CH2]C)[NH]c1c(C)cccc1C. The summed E-state index contributed by atoms with van der Waals surface area (Å²) in [7, 11) is 0. The molecule has 2 nitrogen and oxygen atoms in total. The van der Waals surface area contributed by atoms with Gasteiger partial charge in [0, 0.05) is 11.9 Å². The number of para-hydroxylation sites is 2. The van der Waals surface area contributed by atoms with Gasteiger partial charge in [-0.15, -0.1) is 0 Å². The van der Waals surface area contributed by atoms with Gasteiger partial charge in [-0.3, -0.25) is 4.99 Å². The van der Waals surface area contributed by atoms with Crippen LogP contribution in [-0.4, -0.2) is 20.6 Å². The summed E-state index contributed by atoms with van der Waals surface area (Å²) in [5.41, 5.74) is 9.23. The molecule has 0 unspecified atom stereocenters. The minimum Gasteiger partial charge on any atom is -0.476 e. The minimum absolute atomic E-state index is 1.00. The molecule has 0 amide bonds. The molecule has 154 valence electrons. The van der Waals surface area contributed by atoms with Crippen molar-refractivity contribution in [2.24, 2.45) is 4.99 Å². The Morgan fingerprint density at radius 3 is 2.23 bits per heavy atom. The molecular weight excluding hydrogens is 379 g/mol. The molecule has 3 heteroatoms. The van der Waals surface area contributed by atoms with Crippen molar-refractivity contribution in [2.75, 3.05) is 4.30 Å². The summed E-state index contributed by atoms with van der Waals surface area (Å²) in [5.74, 6) is 0. The normalized spacial score (nSPS) is 11.1. The van der Waals surface area contributed by atoms with Crippen molar-refractivity contribution in [3.05, 3.63) is 94.5 Å². The number of nitrogens with zero attached hydrogens (tertiary/aromatic N) is 1. The number of nitrogens with one attached hydrogen (secondary N) is 1. The zero-order valence-electron chi connectivity index (χ0n) is 18.8. The highest BCUT2D eigenvalue weighted by Gasteiger charge is 2.19. The molecule has 1 N–H and O–H groups in total. The predicted octanol–water partition coefficient (Wildman–Crippen LogP) is 7.28. The fourth-order valence-corrected chi connectivity index (χ4v) is 6.33. The number of benzene rings is 3. The fourth-order valence-electron chi connectivity index (χ4n) is 4.05. The maximum absolute atomic E-state index is 4.68. The smallest absolute Gasteiger partial charge is 0.411 e. The molecule has 0 aliphatic rings. The van der Waals surface area contributed by atoms with Gasteiger partial charge in [-0.05, 0) is 66.6 Å². The van der Waals surface area contributed by atoms with E-state index in [2.05, 4.69) is 73.4 Å². The van der Waals surface area contributed by atoms with Gasteiger partial charge in [-0.2, -0.15) is 0 Å². The summed E-state index contributed by atoms with van der Waals surface area (Å²) in [6.45, 7) is 9.01. The van der Waals surface area contributed by atoms with Crippen LogP contribution < -0.4 is 4.30 Å². The van der Waals surface area contributed by atoms with Crippen molar-refractivity contribution in [1.82, 2.24) is 0 Å². The summed E-state index contributed by atoms with van der Waals surface area (Å²) in [5, 5.41) is 2.51. The van der Waals surface area contributed by atoms with Gasteiger partial charge in [-0.25, -0.2) is 0 Å². The Hall–Kier alpha value is -2.34. The van der Waals surface area contributed by atoms with Crippen molar-refractivity contribution in [1.29, 1.82) is 0 Å². The third kappa shape index (κ3) is 5.85. The Kier molecular flexibility index (Phi) is 8.32. The van der Waals surface area contributed by atoms with Crippen LogP contribution >= 0.6 is 0 Å². The Morgan fingerprint density at radius 2 is 1.57 bits per heavy atom. The molecule has 0 heterocycles. The molecule has 0 atom stereocenters. The van der Waals surface area contributed by atoms with Crippen LogP contribution in [0.1, 0.15) is 41.7 Å². The summed E-state index contributed by atoms with van der Waals surface area (Å²) in [4.78, 5) is 4.68. The van der Waals surface area contributed by atoms with Gasteiger partial charge in [0.15, 0.2) is 0 Å². The average Bonchev–Trinajstić information content (AvgIpc) is 2.77. The topological polar surface area (TPSA) is 24.4 Å². The lowest BCUT2D eigenvalue weighted by molar-refractivity contribution is 1.02. The molecule has 0 saturated heterocycles. The molecule has 0 bridgehead atoms. The van der Waals surface area contributed by atoms with Crippen molar-refractivity contribution >= 4 is 32.0 Å². The minimum atomic E-state index is -1.06. The zero-order valence-corrected chi connectivity index (χ0v) is 19.9. The predicted molar refractivity (Wildman–Crippen MR) is 134 cm³/mol. The molecule has 30 heavy (non-hydrogen) atoms. The standard InChI is InChI=1S/C17H18N.C8H10N.C2H5.Al/c1-3-14-9-8-10-15(17(14)4-2)13-18-16-11-6-5-7-12-16;1-6-4-3-5-7(2)8(6)9;1-2;/h5-13H,1,3-4H2,2H3;3-5,9H,1-2H3;1H2,2H3;/q;-1;;+1. The van der Waals surface area contributed by atoms with Crippen LogP contribution in [0.5, 0.6) is 0 Å². The average molecular weight is 413 g/mol. The largest absolute Gasteiger partial charge is 0.476 e. The molecule has 0 fully saturated rings. The van der Waals surface area contributed by atoms with Crippen LogP contribution in [0.2, 0.25) is 10.6 Å². The Balaban J connectivity index is 1.73. The van der Waals surface area contributed by atoms with Crippen molar-refractivity contribution in [3.63, 3.8) is 0 Å². The summed E-state index contributed by atoms with van der Waals surface area (Å²) < 4.78 is 3.95. The molecule has 0 aliphatic carbocycles. The molecular formula is C27H33AlN2. The van der Waals surface area contributed by atoms with Gasteiger partial charge < -0.3 is 4.30 Å². The van der Waals surface area contributed by atoms with E-state index in [-0.39, 0.29) is 0 Å². The van der Waals surface area contributed by atoms with Crippen molar-refractivity contribution in [3.8, 4) is 0 Å². The van der Waals surface area contributed by atoms with Crippen molar-refractivity contribution < 1.29 is 0 Å². The molecule has 0 aromatic heterocycles. The van der Waals surface area contributed by atoms with E-state index in [0.717, 1.165) is 18.5 Å². The van der Waals surface area contributed by atoms with E-state index in [1.54, 1.807) is 0 Å². The molecule has 0 spiro atoms. The third-order valence-corrected chi connectivity index (χ3v) is 8.52. The maximum Gasteiger partial charge on any atom is 0.411 e. The van der Waals surface area contributed by atoms with Gasteiger partial charge >= 0.3 is 14.4 Å². The molecule has 0 radical (unpaired) electrons. The number of hydrogen-bond acceptors (Lipinski definition) is 2. The van der Waals surface area contributed by atoms with Gasteiger partial charge in [0.25, 0.3) is 0 Å². The lowest BCUT2D eigenvalue weighted by atomic mass is 9.98. The molecule has 3 aromatic carbocycles. The lowest BCUT2D eigenvalue weighted by Crippen LogP contribution is -2.25. The first kappa shape index (κ1) is 22.3. The number of rotatable bonds is 9. The summed E-state index contributed by atoms with van der Waals surface area (Å²) in [6.07, 6.45) is 4.20. The van der Waals surface area contributed by atoms with E-state index in [1.807, 2.05) is 36.5 Å². The van der Waals surface area contributed by atoms with Crippen LogP contribution in [0.4, 0.5) is 11.4 Å². The van der Waals surface area contributed by atoms with Crippen LogP contribution in [0.3, 0.4) is 0 Å². The second-order valence-electron chi connectivity index (χ2n) is 7.99. The number of hydrogen-bond donors (Lipinski definition) is 1. The summed E-state index contributed by atoms with van der Waals surface area (Å²) in [6, 6.07) is 23.4. The first-order valence-corrected chi connectivity index (χ1v) is 13.4. The fraction of sp³-hybridized carbons (Fsp3) is 0.296. The molecule has 3 aromatic rings. The second kappa shape index (κ2) is 11.2. The lowest BCUT2D eigenvalue weighted by Gasteiger charge is -2.19. The zero-order chi connectivity index (χ0) is 21.3. The van der Waals surface area contributed by atoms with Crippen LogP contribution in [0, 0.1) is 13.8 Å². The highest BCUT2D eigenvalue weighted by molar-refractivity contribution is 6.62. The number of aryl methyl sites for hydroxylation is 3. The van der Waals surface area contributed by atoms with Gasteiger partial charge in [0.2, 0.25) is 0 Å². The van der Waals surface area contributed by atoms with Gasteiger partial charge in [-0.1, -0.05) is 79.0 Å². The monoisotopic (exact) mass is 412 g/mol. The molecule has 0 saturated carbocycles. The Labute approximate surface area is 186 Å². The van der Waals surface area contributed by atoms with E-state index in [1.165, 1.54) is 44.1 Å². The Morgan fingerprint density at radius 1 is 0.867 bits per heavy atom. The van der Waals surface area contributed by atoms with E-state index in [4.69, 9.17) is 0 Å². The number of anilines is 1. The van der Waals surface area contributed by atoms with Crippen molar-refractivity contribution in [2.45, 2.75) is 51.1 Å². The van der Waals surface area contributed by atoms with Crippen LogP contribution in [0.15, 0.2) is 71.7 Å². The molecule has 3 rings (SSSR count).